The Bertz CT molecular complexity index is 1060. The smallest absolute Gasteiger partial charge is 0.349 e. The summed E-state index contributed by atoms with van der Waals surface area (Å²) in [6, 6.07) is 12.6. The third kappa shape index (κ3) is 5.17. The third-order valence-corrected chi connectivity index (χ3v) is 5.11. The molecule has 9 heteroatoms. The zero-order valence-electron chi connectivity index (χ0n) is 15.2. The molecule has 0 saturated carbocycles. The van der Waals surface area contributed by atoms with Gasteiger partial charge in [0.05, 0.1) is 17.7 Å². The van der Waals surface area contributed by atoms with E-state index >= 15 is 0 Å². The monoisotopic (exact) mass is 500 g/mol. The maximum absolute atomic E-state index is 14.7. The Balaban J connectivity index is 1.72. The maximum atomic E-state index is 14.7. The van der Waals surface area contributed by atoms with Gasteiger partial charge in [0, 0.05) is 22.3 Å². The molecule has 0 spiro atoms. The van der Waals surface area contributed by atoms with E-state index < -0.39 is 35.9 Å². The Morgan fingerprint density at radius 1 is 1.10 bits per heavy atom. The molecule has 3 nitrogen and oxygen atoms in total. The fourth-order valence-corrected chi connectivity index (χ4v) is 3.36. The summed E-state index contributed by atoms with van der Waals surface area (Å²) < 4.78 is 54.5. The first kappa shape index (κ1) is 22.2. The molecule has 156 valence electrons. The van der Waals surface area contributed by atoms with Crippen LogP contribution in [0.4, 0.5) is 17.6 Å². The van der Waals surface area contributed by atoms with Crippen LogP contribution < -0.4 is 5.32 Å². The first-order valence-electron chi connectivity index (χ1n) is 8.66. The van der Waals surface area contributed by atoms with E-state index in [9.17, 15) is 22.4 Å². The van der Waals surface area contributed by atoms with Crippen LogP contribution in [0, 0.1) is 0 Å². The van der Waals surface area contributed by atoms with Gasteiger partial charge >= 0.3 is 6.18 Å². The second-order valence-corrected chi connectivity index (χ2v) is 7.55. The third-order valence-electron chi connectivity index (χ3n) is 4.32. The molecule has 0 aliphatic rings. The molecule has 0 bridgehead atoms. The average Bonchev–Trinajstić information content (AvgIpc) is 2.71. The number of amides is 1. The molecule has 3 rings (SSSR count). The Morgan fingerprint density at radius 3 is 2.43 bits per heavy atom. The number of rotatable bonds is 5. The Hall–Kier alpha value is -2.45. The summed E-state index contributed by atoms with van der Waals surface area (Å²) in [5, 5.41) is 2.33. The molecule has 0 aliphatic heterocycles. The molecule has 0 saturated heterocycles. The number of carbonyl (C=O) groups is 1. The summed E-state index contributed by atoms with van der Waals surface area (Å²) in [5.41, 5.74) is -0.0297. The van der Waals surface area contributed by atoms with E-state index in [2.05, 4.69) is 26.2 Å². The molecule has 30 heavy (non-hydrogen) atoms. The fourth-order valence-electron chi connectivity index (χ4n) is 2.82. The van der Waals surface area contributed by atoms with Gasteiger partial charge in [0.2, 0.25) is 0 Å². The van der Waals surface area contributed by atoms with Crippen molar-refractivity contribution in [2.75, 3.05) is 6.54 Å². The lowest BCUT2D eigenvalue weighted by Gasteiger charge is -2.15. The highest BCUT2D eigenvalue weighted by Crippen LogP contribution is 2.33. The van der Waals surface area contributed by atoms with Crippen molar-refractivity contribution in [1.82, 2.24) is 10.3 Å². The van der Waals surface area contributed by atoms with Crippen LogP contribution >= 0.6 is 27.5 Å². The number of hydrogen-bond acceptors (Lipinski definition) is 2. The molecule has 1 unspecified atom stereocenters. The zero-order valence-corrected chi connectivity index (χ0v) is 17.5. The lowest BCUT2D eigenvalue weighted by atomic mass is 10.0. The van der Waals surface area contributed by atoms with Gasteiger partial charge in [-0.25, -0.2) is 9.37 Å². The number of benzene rings is 2. The summed E-state index contributed by atoms with van der Waals surface area (Å²) in [6.07, 6.45) is -4.76. The molecule has 1 N–H and O–H groups in total. The van der Waals surface area contributed by atoms with E-state index in [1.54, 1.807) is 24.4 Å². The van der Waals surface area contributed by atoms with E-state index in [1.807, 2.05) is 6.07 Å². The summed E-state index contributed by atoms with van der Waals surface area (Å²) in [6.45, 7) is -0.524. The molecule has 0 fully saturated rings. The number of nitrogens with zero attached hydrogens (tertiary/aromatic N) is 1. The highest BCUT2D eigenvalue weighted by atomic mass is 79.9. The molecule has 1 amide bonds. The van der Waals surface area contributed by atoms with Gasteiger partial charge in [-0.2, -0.15) is 13.2 Å². The van der Waals surface area contributed by atoms with Gasteiger partial charge in [0.15, 0.2) is 0 Å². The van der Waals surface area contributed by atoms with Crippen molar-refractivity contribution in [3.8, 4) is 11.1 Å². The lowest BCUT2D eigenvalue weighted by Crippen LogP contribution is -2.29. The number of alkyl halides is 4. The van der Waals surface area contributed by atoms with Crippen molar-refractivity contribution in [3.05, 3.63) is 87.1 Å². The predicted octanol–water partition coefficient (Wildman–Crippen LogP) is 6.62. The second kappa shape index (κ2) is 9.14. The van der Waals surface area contributed by atoms with Crippen LogP contribution in [0.2, 0.25) is 5.02 Å². The second-order valence-electron chi connectivity index (χ2n) is 6.33. The normalized spacial score (nSPS) is 12.5. The van der Waals surface area contributed by atoms with Crippen molar-refractivity contribution >= 4 is 33.4 Å². The minimum absolute atomic E-state index is 0.120. The van der Waals surface area contributed by atoms with Crippen LogP contribution in [0.25, 0.3) is 11.1 Å². The van der Waals surface area contributed by atoms with Crippen LogP contribution in [-0.2, 0) is 6.18 Å². The molecule has 0 aliphatic carbocycles. The van der Waals surface area contributed by atoms with Crippen molar-refractivity contribution in [2.45, 2.75) is 12.3 Å². The summed E-state index contributed by atoms with van der Waals surface area (Å²) in [7, 11) is 0. The van der Waals surface area contributed by atoms with E-state index in [0.29, 0.717) is 4.60 Å². The van der Waals surface area contributed by atoms with Crippen molar-refractivity contribution in [3.63, 3.8) is 0 Å². The molecular weight excluding hydrogens is 488 g/mol. The number of halogens is 6. The molecule has 1 atom stereocenters. The van der Waals surface area contributed by atoms with Crippen molar-refractivity contribution < 1.29 is 22.4 Å². The topological polar surface area (TPSA) is 42.0 Å². The quantitative estimate of drug-likeness (QED) is 0.315. The number of aromatic nitrogens is 1. The molecule has 2 aromatic carbocycles. The van der Waals surface area contributed by atoms with E-state index in [0.717, 1.165) is 23.3 Å². The van der Waals surface area contributed by atoms with Gasteiger partial charge in [-0.1, -0.05) is 41.9 Å². The fraction of sp³-hybridized carbons (Fsp3) is 0.143. The SMILES string of the molecule is O=C(NCC(F)c1ccc(-c2ccc(Br)nc2)cc1Cl)c1ccccc1C(F)(F)F. The highest BCUT2D eigenvalue weighted by Gasteiger charge is 2.34. The van der Waals surface area contributed by atoms with Gasteiger partial charge in [0.25, 0.3) is 5.91 Å². The highest BCUT2D eigenvalue weighted by molar-refractivity contribution is 9.10. The van der Waals surface area contributed by atoms with Crippen LogP contribution in [0.5, 0.6) is 0 Å². The maximum Gasteiger partial charge on any atom is 0.417 e. The van der Waals surface area contributed by atoms with Gasteiger partial charge in [0.1, 0.15) is 10.8 Å². The Labute approximate surface area is 183 Å². The molecule has 0 radical (unpaired) electrons. The van der Waals surface area contributed by atoms with Crippen molar-refractivity contribution in [1.29, 1.82) is 0 Å². The van der Waals surface area contributed by atoms with Gasteiger partial charge in [-0.15, -0.1) is 0 Å². The van der Waals surface area contributed by atoms with Gasteiger partial charge in [-0.3, -0.25) is 4.79 Å². The minimum Gasteiger partial charge on any atom is -0.349 e. The average molecular weight is 502 g/mol. The number of nitrogens with one attached hydrogen (secondary N) is 1. The summed E-state index contributed by atoms with van der Waals surface area (Å²) in [5.74, 6) is -1.01. The number of pyridine rings is 1. The molecule has 1 heterocycles. The zero-order chi connectivity index (χ0) is 21.9. The summed E-state index contributed by atoms with van der Waals surface area (Å²) in [4.78, 5) is 16.3. The largest absolute Gasteiger partial charge is 0.417 e. The van der Waals surface area contributed by atoms with Crippen LogP contribution in [0.15, 0.2) is 65.4 Å². The predicted molar refractivity (Wildman–Crippen MR) is 110 cm³/mol. The Morgan fingerprint density at radius 2 is 1.80 bits per heavy atom. The van der Waals surface area contributed by atoms with E-state index in [1.165, 1.54) is 18.2 Å². The van der Waals surface area contributed by atoms with Crippen LogP contribution in [-0.4, -0.2) is 17.4 Å². The van der Waals surface area contributed by atoms with Crippen molar-refractivity contribution in [2.24, 2.45) is 0 Å². The van der Waals surface area contributed by atoms with Crippen LogP contribution in [0.1, 0.15) is 27.7 Å². The number of hydrogen-bond donors (Lipinski definition) is 1. The Kier molecular flexibility index (Phi) is 6.77. The first-order valence-corrected chi connectivity index (χ1v) is 9.84. The summed E-state index contributed by atoms with van der Waals surface area (Å²) >= 11 is 9.43. The standard InChI is InChI=1S/C21H14BrClF4N2O/c22-19-8-6-13(10-28-19)12-5-7-15(17(23)9-12)18(24)11-29-20(30)14-3-1-2-4-16(14)21(25,26)27/h1-10,18H,11H2,(H,29,30). The molecule has 1 aromatic heterocycles. The van der Waals surface area contributed by atoms with Crippen LogP contribution in [0.3, 0.4) is 0 Å². The van der Waals surface area contributed by atoms with Gasteiger partial charge in [-0.05, 0) is 45.8 Å². The minimum atomic E-state index is -4.69. The van der Waals surface area contributed by atoms with Gasteiger partial charge < -0.3 is 5.32 Å². The lowest BCUT2D eigenvalue weighted by molar-refractivity contribution is -0.137. The number of carbonyl (C=O) groups excluding carboxylic acids is 1. The molecular formula is C21H14BrClF4N2O. The first-order chi connectivity index (χ1) is 14.2. The van der Waals surface area contributed by atoms with E-state index in [4.69, 9.17) is 11.6 Å². The molecule has 3 aromatic rings. The van der Waals surface area contributed by atoms with E-state index in [-0.39, 0.29) is 10.6 Å².